The fourth-order valence-corrected chi connectivity index (χ4v) is 4.36. The summed E-state index contributed by atoms with van der Waals surface area (Å²) in [5.41, 5.74) is 2.03. The lowest BCUT2D eigenvalue weighted by atomic mass is 9.87. The van der Waals surface area contributed by atoms with E-state index in [0.29, 0.717) is 24.3 Å². The van der Waals surface area contributed by atoms with Crippen LogP contribution in [0.3, 0.4) is 0 Å². The van der Waals surface area contributed by atoms with E-state index in [1.54, 1.807) is 6.92 Å². The number of ether oxygens (including phenoxy) is 1. The summed E-state index contributed by atoms with van der Waals surface area (Å²) in [6.45, 7) is 8.65. The van der Waals surface area contributed by atoms with E-state index < -0.39 is 5.97 Å². The number of aromatic nitrogens is 1. The number of nitrogens with zero attached hydrogens (tertiary/aromatic N) is 1. The van der Waals surface area contributed by atoms with E-state index in [-0.39, 0.29) is 5.92 Å². The molecule has 4 unspecified atom stereocenters. The van der Waals surface area contributed by atoms with Crippen molar-refractivity contribution < 1.29 is 19.1 Å². The van der Waals surface area contributed by atoms with Crippen molar-refractivity contribution in [3.05, 3.63) is 65.8 Å². The Morgan fingerprint density at radius 3 is 2.64 bits per heavy atom. The number of aryl methyl sites for hydroxylation is 1. The van der Waals surface area contributed by atoms with Gasteiger partial charge in [-0.3, -0.25) is 4.79 Å². The molecule has 0 radical (unpaired) electrons. The van der Waals surface area contributed by atoms with Gasteiger partial charge in [0.25, 0.3) is 0 Å². The summed E-state index contributed by atoms with van der Waals surface area (Å²) < 4.78 is 12.0. The lowest BCUT2D eigenvalue weighted by molar-refractivity contribution is -0.141. The summed E-state index contributed by atoms with van der Waals surface area (Å²) in [6, 6.07) is 10.1. The monoisotopic (exact) mass is 451 g/mol. The highest BCUT2D eigenvalue weighted by atomic mass is 16.5. The molecular formula is C28H37NO4. The van der Waals surface area contributed by atoms with Crippen molar-refractivity contribution in [2.75, 3.05) is 6.61 Å². The van der Waals surface area contributed by atoms with Crippen molar-refractivity contribution in [1.82, 2.24) is 4.98 Å². The predicted molar refractivity (Wildman–Crippen MR) is 131 cm³/mol. The van der Waals surface area contributed by atoms with Gasteiger partial charge in [0.1, 0.15) is 11.5 Å². The first-order valence-corrected chi connectivity index (χ1v) is 12.2. The molecule has 1 saturated carbocycles. The van der Waals surface area contributed by atoms with E-state index in [9.17, 15) is 4.79 Å². The molecule has 178 valence electrons. The number of rotatable bonds is 8. The minimum absolute atomic E-state index is 0.181. The van der Waals surface area contributed by atoms with Gasteiger partial charge in [0.2, 0.25) is 5.89 Å². The van der Waals surface area contributed by atoms with Crippen molar-refractivity contribution >= 4 is 5.97 Å². The molecule has 4 rings (SSSR count). The standard InChI is InChI=1S/C23H27NO2.C5H10O2/c1-3-22-21(24-23(26-22)17-7-5-4-6-8-17)13-14-25-19-11-12-20-16(2)9-10-18(20)15-19;1-3-4(2)5(6)7/h4-8,11-12,15-16,18,20H,3,9-10,13-14H2,1-2H3;4H,3H2,1-2H3,(H,6,7). The Bertz CT molecular complexity index is 960. The van der Waals surface area contributed by atoms with E-state index in [1.165, 1.54) is 12.8 Å². The molecule has 33 heavy (non-hydrogen) atoms. The number of carboxylic acids is 1. The molecule has 0 aliphatic heterocycles. The molecule has 2 aromatic rings. The zero-order chi connectivity index (χ0) is 23.8. The third-order valence-corrected chi connectivity index (χ3v) is 6.73. The fraction of sp³-hybridized carbons (Fsp3) is 0.500. The average Bonchev–Trinajstić information content (AvgIpc) is 3.42. The van der Waals surface area contributed by atoms with Crippen LogP contribution in [0.25, 0.3) is 11.5 Å². The molecule has 4 atom stereocenters. The first kappa shape index (κ1) is 24.8. The average molecular weight is 452 g/mol. The van der Waals surface area contributed by atoms with Crippen LogP contribution in [-0.4, -0.2) is 22.7 Å². The summed E-state index contributed by atoms with van der Waals surface area (Å²) in [6.07, 6.45) is 11.8. The van der Waals surface area contributed by atoms with Crippen LogP contribution in [-0.2, 0) is 22.4 Å². The second-order valence-corrected chi connectivity index (χ2v) is 9.08. The Balaban J connectivity index is 0.000000383. The maximum Gasteiger partial charge on any atom is 0.306 e. The molecule has 2 aliphatic rings. The Hall–Kier alpha value is -2.82. The van der Waals surface area contributed by atoms with Gasteiger partial charge < -0.3 is 14.3 Å². The summed E-state index contributed by atoms with van der Waals surface area (Å²) in [5.74, 6) is 3.97. The van der Waals surface area contributed by atoms with Crippen LogP contribution >= 0.6 is 0 Å². The number of fused-ring (bicyclic) bond motifs is 1. The second kappa shape index (κ2) is 11.9. The van der Waals surface area contributed by atoms with Crippen molar-refractivity contribution in [3.8, 4) is 11.5 Å². The summed E-state index contributed by atoms with van der Waals surface area (Å²) in [4.78, 5) is 14.6. The van der Waals surface area contributed by atoms with Crippen LogP contribution in [0.2, 0.25) is 0 Å². The van der Waals surface area contributed by atoms with E-state index in [0.717, 1.165) is 48.0 Å². The molecule has 2 aliphatic carbocycles. The van der Waals surface area contributed by atoms with Crippen LogP contribution in [0.15, 0.2) is 58.7 Å². The highest BCUT2D eigenvalue weighted by Gasteiger charge is 2.32. The molecular weight excluding hydrogens is 414 g/mol. The van der Waals surface area contributed by atoms with Gasteiger partial charge in [0.05, 0.1) is 18.2 Å². The lowest BCUT2D eigenvalue weighted by Gasteiger charge is -2.21. The normalized spacial score (nSPS) is 22.1. The number of carbonyl (C=O) groups is 1. The van der Waals surface area contributed by atoms with Gasteiger partial charge in [-0.15, -0.1) is 0 Å². The number of allylic oxidation sites excluding steroid dienone is 3. The van der Waals surface area contributed by atoms with Crippen LogP contribution in [0.1, 0.15) is 58.4 Å². The quantitative estimate of drug-likeness (QED) is 0.484. The summed E-state index contributed by atoms with van der Waals surface area (Å²) >= 11 is 0. The molecule has 5 heteroatoms. The molecule has 0 spiro atoms. The van der Waals surface area contributed by atoms with Crippen LogP contribution in [0.4, 0.5) is 0 Å². The van der Waals surface area contributed by atoms with Gasteiger partial charge in [-0.1, -0.05) is 52.0 Å². The van der Waals surface area contributed by atoms with Crippen LogP contribution < -0.4 is 0 Å². The Morgan fingerprint density at radius 2 is 2.00 bits per heavy atom. The van der Waals surface area contributed by atoms with Crippen molar-refractivity contribution in [2.24, 2.45) is 23.7 Å². The predicted octanol–water partition coefficient (Wildman–Crippen LogP) is 6.70. The second-order valence-electron chi connectivity index (χ2n) is 9.08. The molecule has 0 amide bonds. The van der Waals surface area contributed by atoms with E-state index in [4.69, 9.17) is 19.2 Å². The van der Waals surface area contributed by atoms with Gasteiger partial charge >= 0.3 is 5.97 Å². The molecule has 1 fully saturated rings. The van der Waals surface area contributed by atoms with E-state index in [1.807, 2.05) is 37.3 Å². The van der Waals surface area contributed by atoms with E-state index in [2.05, 4.69) is 32.1 Å². The molecule has 1 N–H and O–H groups in total. The highest BCUT2D eigenvalue weighted by molar-refractivity contribution is 5.69. The smallest absolute Gasteiger partial charge is 0.306 e. The van der Waals surface area contributed by atoms with Gasteiger partial charge in [0, 0.05) is 18.4 Å². The van der Waals surface area contributed by atoms with E-state index >= 15 is 0 Å². The largest absolute Gasteiger partial charge is 0.494 e. The number of benzene rings is 1. The minimum atomic E-state index is -0.706. The number of carboxylic acid groups (broad SMARTS) is 1. The Labute approximate surface area is 197 Å². The number of aliphatic carboxylic acids is 1. The molecule has 0 bridgehead atoms. The first-order chi connectivity index (χ1) is 15.9. The SMILES string of the molecule is CCC(C)C(=O)O.CCc1oc(-c2ccccc2)nc1CCOC1=CC2CCC(C)C2C=C1. The number of oxazole rings is 1. The highest BCUT2D eigenvalue weighted by Crippen LogP contribution is 2.41. The minimum Gasteiger partial charge on any atom is -0.494 e. The number of hydrogen-bond donors (Lipinski definition) is 1. The Kier molecular flexibility index (Phi) is 8.93. The van der Waals surface area contributed by atoms with Crippen molar-refractivity contribution in [3.63, 3.8) is 0 Å². The fourth-order valence-electron chi connectivity index (χ4n) is 4.36. The maximum atomic E-state index is 9.93. The molecule has 5 nitrogen and oxygen atoms in total. The zero-order valence-electron chi connectivity index (χ0n) is 20.3. The van der Waals surface area contributed by atoms with Gasteiger partial charge in [-0.05, 0) is 61.3 Å². The Morgan fingerprint density at radius 1 is 1.24 bits per heavy atom. The van der Waals surface area contributed by atoms with Crippen LogP contribution in [0.5, 0.6) is 0 Å². The van der Waals surface area contributed by atoms with Gasteiger partial charge in [0.15, 0.2) is 0 Å². The van der Waals surface area contributed by atoms with Crippen LogP contribution in [0, 0.1) is 23.7 Å². The molecule has 0 saturated heterocycles. The third kappa shape index (κ3) is 6.59. The topological polar surface area (TPSA) is 72.6 Å². The molecule has 1 aromatic heterocycles. The van der Waals surface area contributed by atoms with Gasteiger partial charge in [-0.2, -0.15) is 0 Å². The van der Waals surface area contributed by atoms with Crippen molar-refractivity contribution in [2.45, 2.75) is 59.8 Å². The zero-order valence-corrected chi connectivity index (χ0v) is 20.3. The van der Waals surface area contributed by atoms with Gasteiger partial charge in [-0.25, -0.2) is 4.98 Å². The third-order valence-electron chi connectivity index (χ3n) is 6.73. The lowest BCUT2D eigenvalue weighted by Crippen LogP contribution is -2.13. The summed E-state index contributed by atoms with van der Waals surface area (Å²) in [7, 11) is 0. The number of hydrogen-bond acceptors (Lipinski definition) is 4. The molecule has 1 aromatic carbocycles. The summed E-state index contributed by atoms with van der Waals surface area (Å²) in [5, 5.41) is 8.18. The first-order valence-electron chi connectivity index (χ1n) is 12.2. The molecule has 1 heterocycles. The maximum absolute atomic E-state index is 9.93. The van der Waals surface area contributed by atoms with Crippen molar-refractivity contribution in [1.29, 1.82) is 0 Å².